The van der Waals surface area contributed by atoms with Crippen LogP contribution in [0.4, 0.5) is 0 Å². The van der Waals surface area contributed by atoms with Gasteiger partial charge in [0, 0.05) is 4.90 Å². The summed E-state index contributed by atoms with van der Waals surface area (Å²) in [6.45, 7) is 0. The van der Waals surface area contributed by atoms with Crippen LogP contribution in [0.25, 0.3) is 0 Å². The van der Waals surface area contributed by atoms with E-state index >= 15 is 0 Å². The summed E-state index contributed by atoms with van der Waals surface area (Å²) in [5.74, 6) is -0.930. The summed E-state index contributed by atoms with van der Waals surface area (Å²) in [4.78, 5) is 24.5. The average molecular weight is 311 g/mol. The molecule has 104 valence electrons. The van der Waals surface area contributed by atoms with Gasteiger partial charge in [0.25, 0.3) is 5.91 Å². The lowest BCUT2D eigenvalue weighted by atomic mass is 10.2. The molecule has 0 aliphatic carbocycles. The van der Waals surface area contributed by atoms with Crippen molar-refractivity contribution in [1.29, 1.82) is 0 Å². The molecule has 1 heterocycles. The fourth-order valence-electron chi connectivity index (χ4n) is 1.46. The van der Waals surface area contributed by atoms with Crippen molar-refractivity contribution in [3.05, 3.63) is 52.9 Å². The van der Waals surface area contributed by atoms with Crippen molar-refractivity contribution in [2.24, 2.45) is 0 Å². The Balaban J connectivity index is 2.03. The van der Waals surface area contributed by atoms with E-state index in [9.17, 15) is 9.59 Å². The van der Waals surface area contributed by atoms with Crippen molar-refractivity contribution >= 4 is 35.2 Å². The Kier molecular flexibility index (Phi) is 4.70. The van der Waals surface area contributed by atoms with Crippen LogP contribution in [0.5, 0.6) is 0 Å². The number of benzene rings is 1. The lowest BCUT2D eigenvalue weighted by Gasteiger charge is -2.08. The first kappa shape index (κ1) is 14.5. The Bertz CT molecular complexity index is 629. The number of carbonyl (C=O) groups excluding carboxylic acids is 2. The number of hydrogen-bond donors (Lipinski definition) is 2. The van der Waals surface area contributed by atoms with E-state index in [1.165, 1.54) is 24.1 Å². The maximum atomic E-state index is 12.0. The zero-order valence-electron chi connectivity index (χ0n) is 10.5. The molecule has 0 saturated carbocycles. The highest BCUT2D eigenvalue weighted by Gasteiger charge is 2.13. The van der Waals surface area contributed by atoms with E-state index in [1.807, 2.05) is 12.3 Å². The van der Waals surface area contributed by atoms with Gasteiger partial charge in [-0.1, -0.05) is 11.6 Å². The number of hydrazine groups is 1. The van der Waals surface area contributed by atoms with Gasteiger partial charge in [0.15, 0.2) is 5.76 Å². The summed E-state index contributed by atoms with van der Waals surface area (Å²) in [6, 6.07) is 8.17. The number of hydrogen-bond acceptors (Lipinski definition) is 4. The zero-order valence-corrected chi connectivity index (χ0v) is 12.0. The third-order valence-corrected chi connectivity index (χ3v) is 3.51. The van der Waals surface area contributed by atoms with Gasteiger partial charge in [-0.05, 0) is 36.6 Å². The minimum Gasteiger partial charge on any atom is -0.459 e. The van der Waals surface area contributed by atoms with E-state index in [0.29, 0.717) is 10.6 Å². The molecule has 20 heavy (non-hydrogen) atoms. The van der Waals surface area contributed by atoms with Crippen LogP contribution in [0.3, 0.4) is 0 Å². The highest BCUT2D eigenvalue weighted by molar-refractivity contribution is 7.98. The van der Waals surface area contributed by atoms with E-state index in [2.05, 4.69) is 10.9 Å². The van der Waals surface area contributed by atoms with Crippen molar-refractivity contribution < 1.29 is 14.0 Å². The summed E-state index contributed by atoms with van der Waals surface area (Å²) in [6.07, 6.45) is 3.26. The van der Waals surface area contributed by atoms with Crippen LogP contribution < -0.4 is 10.9 Å². The van der Waals surface area contributed by atoms with E-state index in [1.54, 1.807) is 18.2 Å². The molecule has 0 atom stereocenters. The van der Waals surface area contributed by atoms with Crippen molar-refractivity contribution in [3.8, 4) is 0 Å². The second-order valence-electron chi connectivity index (χ2n) is 3.73. The molecule has 0 saturated heterocycles. The fraction of sp³-hybridized carbons (Fsp3) is 0.0769. The molecule has 0 unspecified atom stereocenters. The van der Waals surface area contributed by atoms with Gasteiger partial charge in [-0.25, -0.2) is 0 Å². The average Bonchev–Trinajstić information content (AvgIpc) is 2.99. The van der Waals surface area contributed by atoms with Crippen LogP contribution in [0.1, 0.15) is 20.9 Å². The van der Waals surface area contributed by atoms with Gasteiger partial charge in [-0.15, -0.1) is 11.8 Å². The van der Waals surface area contributed by atoms with Crippen LogP contribution >= 0.6 is 23.4 Å². The molecule has 0 bridgehead atoms. The number of rotatable bonds is 3. The molecule has 0 radical (unpaired) electrons. The molecular weight excluding hydrogens is 300 g/mol. The molecule has 1 aromatic carbocycles. The Morgan fingerprint density at radius 1 is 1.20 bits per heavy atom. The number of furan rings is 1. The molecule has 7 heteroatoms. The Morgan fingerprint density at radius 2 is 1.95 bits per heavy atom. The van der Waals surface area contributed by atoms with Gasteiger partial charge in [-0.3, -0.25) is 20.4 Å². The molecule has 5 nitrogen and oxygen atoms in total. The fourth-order valence-corrected chi connectivity index (χ4v) is 2.10. The predicted octanol–water partition coefficient (Wildman–Crippen LogP) is 2.73. The number of halogens is 1. The van der Waals surface area contributed by atoms with E-state index < -0.39 is 11.8 Å². The maximum Gasteiger partial charge on any atom is 0.305 e. The topological polar surface area (TPSA) is 71.3 Å². The second kappa shape index (κ2) is 6.49. The second-order valence-corrected chi connectivity index (χ2v) is 5.02. The first-order chi connectivity index (χ1) is 9.61. The van der Waals surface area contributed by atoms with Gasteiger partial charge in [-0.2, -0.15) is 0 Å². The Morgan fingerprint density at radius 3 is 2.60 bits per heavy atom. The zero-order chi connectivity index (χ0) is 14.5. The van der Waals surface area contributed by atoms with Crippen molar-refractivity contribution in [2.45, 2.75) is 4.90 Å². The number of nitrogens with one attached hydrogen (secondary N) is 2. The highest BCUT2D eigenvalue weighted by atomic mass is 35.5. The highest BCUT2D eigenvalue weighted by Crippen LogP contribution is 2.22. The minimum absolute atomic E-state index is 0.106. The molecular formula is C13H11ClN2O3S. The Labute approximate surface area is 124 Å². The van der Waals surface area contributed by atoms with Crippen LogP contribution in [0.15, 0.2) is 45.9 Å². The summed E-state index contributed by atoms with van der Waals surface area (Å²) in [7, 11) is 0. The first-order valence-corrected chi connectivity index (χ1v) is 7.20. The van der Waals surface area contributed by atoms with E-state index in [4.69, 9.17) is 16.0 Å². The van der Waals surface area contributed by atoms with E-state index in [-0.39, 0.29) is 5.76 Å². The van der Waals surface area contributed by atoms with Crippen molar-refractivity contribution in [1.82, 2.24) is 10.9 Å². The quantitative estimate of drug-likeness (QED) is 0.675. The first-order valence-electron chi connectivity index (χ1n) is 5.59. The monoisotopic (exact) mass is 310 g/mol. The van der Waals surface area contributed by atoms with Gasteiger partial charge >= 0.3 is 5.91 Å². The summed E-state index contributed by atoms with van der Waals surface area (Å²) in [5, 5.41) is 0.313. The smallest absolute Gasteiger partial charge is 0.305 e. The molecule has 0 fully saturated rings. The third-order valence-electron chi connectivity index (χ3n) is 2.45. The van der Waals surface area contributed by atoms with Gasteiger partial charge in [0.2, 0.25) is 0 Å². The van der Waals surface area contributed by atoms with Crippen LogP contribution in [-0.2, 0) is 0 Å². The predicted molar refractivity (Wildman–Crippen MR) is 76.9 cm³/mol. The van der Waals surface area contributed by atoms with Crippen LogP contribution in [-0.4, -0.2) is 18.1 Å². The molecule has 0 spiro atoms. The summed E-state index contributed by atoms with van der Waals surface area (Å²) in [5.41, 5.74) is 4.83. The molecule has 2 rings (SSSR count). The molecule has 1 aromatic heterocycles. The van der Waals surface area contributed by atoms with Gasteiger partial charge in [0.05, 0.1) is 16.8 Å². The normalized spacial score (nSPS) is 10.1. The van der Waals surface area contributed by atoms with Crippen molar-refractivity contribution in [2.75, 3.05) is 6.26 Å². The third kappa shape index (κ3) is 3.34. The van der Waals surface area contributed by atoms with Crippen LogP contribution in [0.2, 0.25) is 5.02 Å². The van der Waals surface area contributed by atoms with E-state index in [0.717, 1.165) is 4.90 Å². The lowest BCUT2D eigenvalue weighted by Crippen LogP contribution is -2.41. The lowest BCUT2D eigenvalue weighted by molar-refractivity contribution is 0.0831. The minimum atomic E-state index is -0.541. The summed E-state index contributed by atoms with van der Waals surface area (Å²) < 4.78 is 4.90. The molecule has 0 aliphatic rings. The molecule has 2 N–H and O–H groups in total. The largest absolute Gasteiger partial charge is 0.459 e. The number of carbonyl (C=O) groups is 2. The van der Waals surface area contributed by atoms with Crippen LogP contribution in [0, 0.1) is 0 Å². The summed E-state index contributed by atoms with van der Waals surface area (Å²) >= 11 is 7.45. The molecule has 2 aromatic rings. The SMILES string of the molecule is CSc1ccc(Cl)c(C(=O)NNC(=O)c2ccco2)c1. The molecule has 0 aliphatic heterocycles. The number of thioether (sulfide) groups is 1. The maximum absolute atomic E-state index is 12.0. The standard InChI is InChI=1S/C13H11ClN2O3S/c1-20-8-4-5-10(14)9(7-8)12(17)15-16-13(18)11-3-2-6-19-11/h2-7H,1H3,(H,15,17)(H,16,18). The van der Waals surface area contributed by atoms with Crippen molar-refractivity contribution in [3.63, 3.8) is 0 Å². The number of amides is 2. The molecule has 2 amide bonds. The Hall–Kier alpha value is -1.92. The van der Waals surface area contributed by atoms with Gasteiger partial charge < -0.3 is 4.42 Å². The van der Waals surface area contributed by atoms with Gasteiger partial charge in [0.1, 0.15) is 0 Å².